The van der Waals surface area contributed by atoms with Gasteiger partial charge in [0.05, 0.1) is 12.4 Å². The van der Waals surface area contributed by atoms with Crippen molar-refractivity contribution < 1.29 is 4.79 Å². The summed E-state index contributed by atoms with van der Waals surface area (Å²) in [5.41, 5.74) is 0.417. The third kappa shape index (κ3) is 3.45. The van der Waals surface area contributed by atoms with E-state index >= 15 is 0 Å². The second kappa shape index (κ2) is 6.65. The normalized spacial score (nSPS) is 20.6. The quantitative estimate of drug-likeness (QED) is 0.895. The Kier molecular flexibility index (Phi) is 4.89. The maximum atomic E-state index is 12.6. The number of hydrogen-bond donors (Lipinski definition) is 1. The van der Waals surface area contributed by atoms with Gasteiger partial charge in [-0.15, -0.1) is 0 Å². The van der Waals surface area contributed by atoms with Crippen LogP contribution in [-0.2, 0) is 0 Å². The van der Waals surface area contributed by atoms with E-state index in [9.17, 15) is 4.79 Å². The largest absolute Gasteiger partial charge is 0.369 e. The average Bonchev–Trinajstić information content (AvgIpc) is 2.59. The number of hydrogen-bond acceptors (Lipinski definition) is 5. The minimum absolute atomic E-state index is 0.0277. The number of carbonyl (C=O) groups excluding carboxylic acids is 1. The van der Waals surface area contributed by atoms with E-state index in [4.69, 9.17) is 0 Å². The van der Waals surface area contributed by atoms with Gasteiger partial charge >= 0.3 is 0 Å². The van der Waals surface area contributed by atoms with E-state index in [1.165, 1.54) is 0 Å². The molecule has 6 nitrogen and oxygen atoms in total. The van der Waals surface area contributed by atoms with Crippen LogP contribution in [-0.4, -0.2) is 64.9 Å². The summed E-state index contributed by atoms with van der Waals surface area (Å²) in [6.45, 7) is 7.53. The fraction of sp³-hybridized carbons (Fsp3) is 0.643. The molecule has 1 unspecified atom stereocenters. The molecule has 6 heteroatoms. The zero-order chi connectivity index (χ0) is 14.5. The molecule has 1 amide bonds. The zero-order valence-electron chi connectivity index (χ0n) is 12.5. The number of rotatable bonds is 3. The summed E-state index contributed by atoms with van der Waals surface area (Å²) < 4.78 is 0. The van der Waals surface area contributed by atoms with Crippen LogP contribution in [0.2, 0.25) is 0 Å². The lowest BCUT2D eigenvalue weighted by Gasteiger charge is -2.27. The Hall–Kier alpha value is -1.69. The van der Waals surface area contributed by atoms with E-state index in [0.717, 1.165) is 32.6 Å². The molecule has 20 heavy (non-hydrogen) atoms. The number of carbonyl (C=O) groups is 1. The Labute approximate surface area is 120 Å². The standard InChI is InChI=1S/C14H23N5O/c1-4-16-13-9-15-8-12(17-13)14(20)19-7-5-6-18(3)10-11(19)2/h8-9,11H,4-7,10H2,1-3H3,(H,16,17). The highest BCUT2D eigenvalue weighted by atomic mass is 16.2. The Morgan fingerprint density at radius 3 is 3.00 bits per heavy atom. The van der Waals surface area contributed by atoms with Crippen molar-refractivity contribution in [1.82, 2.24) is 19.8 Å². The number of nitrogens with zero attached hydrogens (tertiary/aromatic N) is 4. The third-order valence-electron chi connectivity index (χ3n) is 3.52. The van der Waals surface area contributed by atoms with E-state index in [0.29, 0.717) is 11.5 Å². The molecule has 0 bridgehead atoms. The minimum Gasteiger partial charge on any atom is -0.369 e. The third-order valence-corrected chi connectivity index (χ3v) is 3.52. The molecule has 1 atom stereocenters. The first-order chi connectivity index (χ1) is 9.61. The highest BCUT2D eigenvalue weighted by Crippen LogP contribution is 2.13. The maximum Gasteiger partial charge on any atom is 0.274 e. The summed E-state index contributed by atoms with van der Waals surface area (Å²) in [6, 6.07) is 0.194. The molecular weight excluding hydrogens is 254 g/mol. The van der Waals surface area contributed by atoms with Gasteiger partial charge in [0.25, 0.3) is 5.91 Å². The van der Waals surface area contributed by atoms with Crippen LogP contribution < -0.4 is 5.32 Å². The van der Waals surface area contributed by atoms with E-state index in [1.807, 2.05) is 11.8 Å². The Bertz CT molecular complexity index is 465. The van der Waals surface area contributed by atoms with E-state index in [-0.39, 0.29) is 11.9 Å². The summed E-state index contributed by atoms with van der Waals surface area (Å²) in [4.78, 5) is 25.2. The van der Waals surface area contributed by atoms with Crippen LogP contribution >= 0.6 is 0 Å². The average molecular weight is 277 g/mol. The maximum absolute atomic E-state index is 12.6. The molecule has 1 fully saturated rings. The Balaban J connectivity index is 2.15. The molecule has 0 aliphatic carbocycles. The second-order valence-corrected chi connectivity index (χ2v) is 5.28. The first-order valence-electron chi connectivity index (χ1n) is 7.17. The second-order valence-electron chi connectivity index (χ2n) is 5.28. The summed E-state index contributed by atoms with van der Waals surface area (Å²) in [7, 11) is 2.09. The van der Waals surface area contributed by atoms with E-state index in [2.05, 4.69) is 34.2 Å². The molecule has 1 aliphatic rings. The number of anilines is 1. The van der Waals surface area contributed by atoms with Crippen molar-refractivity contribution in [2.45, 2.75) is 26.3 Å². The van der Waals surface area contributed by atoms with Gasteiger partial charge in [0.1, 0.15) is 11.5 Å². The highest BCUT2D eigenvalue weighted by Gasteiger charge is 2.26. The molecule has 1 N–H and O–H groups in total. The Morgan fingerprint density at radius 2 is 2.25 bits per heavy atom. The predicted molar refractivity (Wildman–Crippen MR) is 78.8 cm³/mol. The summed E-state index contributed by atoms with van der Waals surface area (Å²) >= 11 is 0. The molecule has 1 aromatic rings. The molecule has 0 aromatic carbocycles. The lowest BCUT2D eigenvalue weighted by molar-refractivity contribution is 0.0690. The van der Waals surface area contributed by atoms with E-state index in [1.54, 1.807) is 12.4 Å². The number of likely N-dealkylation sites (N-methyl/N-ethyl adjacent to an activating group) is 1. The zero-order valence-corrected chi connectivity index (χ0v) is 12.5. The van der Waals surface area contributed by atoms with Crippen LogP contribution in [0.25, 0.3) is 0 Å². The lowest BCUT2D eigenvalue weighted by atomic mass is 10.2. The molecule has 2 rings (SSSR count). The number of aromatic nitrogens is 2. The van der Waals surface area contributed by atoms with Crippen molar-refractivity contribution in [3.63, 3.8) is 0 Å². The van der Waals surface area contributed by atoms with Crippen molar-refractivity contribution in [3.05, 3.63) is 18.1 Å². The number of nitrogens with one attached hydrogen (secondary N) is 1. The summed E-state index contributed by atoms with van der Waals surface area (Å²) in [6.07, 6.45) is 4.18. The van der Waals surface area contributed by atoms with Crippen molar-refractivity contribution in [1.29, 1.82) is 0 Å². The SMILES string of the molecule is CCNc1cncc(C(=O)N2CCCN(C)CC2C)n1. The molecule has 0 saturated carbocycles. The van der Waals surface area contributed by atoms with Crippen LogP contribution in [0.5, 0.6) is 0 Å². The lowest BCUT2D eigenvalue weighted by Crippen LogP contribution is -2.42. The van der Waals surface area contributed by atoms with Gasteiger partial charge in [-0.25, -0.2) is 4.98 Å². The smallest absolute Gasteiger partial charge is 0.274 e. The van der Waals surface area contributed by atoms with Crippen molar-refractivity contribution in [3.8, 4) is 0 Å². The fourth-order valence-electron chi connectivity index (χ4n) is 2.56. The van der Waals surface area contributed by atoms with Gasteiger partial charge in [0.2, 0.25) is 0 Å². The first kappa shape index (κ1) is 14.7. The fourth-order valence-corrected chi connectivity index (χ4v) is 2.56. The van der Waals surface area contributed by atoms with Gasteiger partial charge in [-0.1, -0.05) is 0 Å². The summed E-state index contributed by atoms with van der Waals surface area (Å²) in [5, 5.41) is 3.08. The van der Waals surface area contributed by atoms with E-state index < -0.39 is 0 Å². The number of amides is 1. The van der Waals surface area contributed by atoms with Crippen LogP contribution in [0.3, 0.4) is 0 Å². The molecule has 1 aliphatic heterocycles. The van der Waals surface area contributed by atoms with Gasteiger partial charge < -0.3 is 15.1 Å². The van der Waals surface area contributed by atoms with Crippen molar-refractivity contribution >= 4 is 11.7 Å². The van der Waals surface area contributed by atoms with Gasteiger partial charge in [-0.3, -0.25) is 9.78 Å². The van der Waals surface area contributed by atoms with Crippen LogP contribution in [0.15, 0.2) is 12.4 Å². The predicted octanol–water partition coefficient (Wildman–Crippen LogP) is 1.07. The highest BCUT2D eigenvalue weighted by molar-refractivity contribution is 5.92. The molecule has 2 heterocycles. The van der Waals surface area contributed by atoms with Gasteiger partial charge in [-0.05, 0) is 33.9 Å². The van der Waals surface area contributed by atoms with Crippen molar-refractivity contribution in [2.75, 3.05) is 38.5 Å². The molecular formula is C14H23N5O. The van der Waals surface area contributed by atoms with Crippen molar-refractivity contribution in [2.24, 2.45) is 0 Å². The minimum atomic E-state index is -0.0277. The molecule has 1 aromatic heterocycles. The summed E-state index contributed by atoms with van der Waals surface area (Å²) in [5.74, 6) is 0.623. The monoisotopic (exact) mass is 277 g/mol. The topological polar surface area (TPSA) is 61.4 Å². The van der Waals surface area contributed by atoms with Crippen LogP contribution in [0.1, 0.15) is 30.8 Å². The van der Waals surface area contributed by atoms with Gasteiger partial charge in [0.15, 0.2) is 0 Å². The Morgan fingerprint density at radius 1 is 1.45 bits per heavy atom. The van der Waals surface area contributed by atoms with Crippen LogP contribution in [0, 0.1) is 0 Å². The van der Waals surface area contributed by atoms with Gasteiger partial charge in [-0.2, -0.15) is 0 Å². The molecule has 0 radical (unpaired) electrons. The molecule has 110 valence electrons. The molecule has 0 spiro atoms. The van der Waals surface area contributed by atoms with Gasteiger partial charge in [0, 0.05) is 25.7 Å². The molecule has 1 saturated heterocycles. The first-order valence-corrected chi connectivity index (χ1v) is 7.17. The van der Waals surface area contributed by atoms with Crippen LogP contribution in [0.4, 0.5) is 5.82 Å².